The van der Waals surface area contributed by atoms with Crippen LogP contribution in [-0.2, 0) is 0 Å². The van der Waals surface area contributed by atoms with Crippen LogP contribution in [-0.4, -0.2) is 11.9 Å². The van der Waals surface area contributed by atoms with E-state index < -0.39 is 0 Å². The van der Waals surface area contributed by atoms with Gasteiger partial charge in [-0.2, -0.15) is 0 Å². The zero-order chi connectivity index (χ0) is 13.1. The summed E-state index contributed by atoms with van der Waals surface area (Å²) in [6, 6.07) is 4.62. The molecule has 0 aliphatic heterocycles. The molecule has 17 heavy (non-hydrogen) atoms. The topological polar surface area (TPSA) is 9.23 Å². The molecule has 3 heteroatoms. The fourth-order valence-corrected chi connectivity index (χ4v) is 2.65. The second-order valence-electron chi connectivity index (χ2n) is 5.44. The Morgan fingerprint density at radius 2 is 2.00 bits per heavy atom. The molecule has 96 valence electrons. The largest absolute Gasteiger partial charge is 0.493 e. The second kappa shape index (κ2) is 5.85. The minimum Gasteiger partial charge on any atom is -0.493 e. The zero-order valence-electron chi connectivity index (χ0n) is 10.9. The van der Waals surface area contributed by atoms with Crippen LogP contribution in [0.5, 0.6) is 5.75 Å². The Morgan fingerprint density at radius 3 is 2.47 bits per heavy atom. The number of alkyl halides is 1. The smallest absolute Gasteiger partial charge is 0.123 e. The van der Waals surface area contributed by atoms with Crippen molar-refractivity contribution in [2.75, 3.05) is 11.9 Å². The van der Waals surface area contributed by atoms with Crippen LogP contribution in [0, 0.1) is 24.1 Å². The Morgan fingerprint density at radius 1 is 1.35 bits per heavy atom. The first kappa shape index (κ1) is 14.5. The lowest BCUT2D eigenvalue weighted by Gasteiger charge is -2.29. The van der Waals surface area contributed by atoms with E-state index in [0.717, 1.165) is 16.6 Å². The summed E-state index contributed by atoms with van der Waals surface area (Å²) < 4.78 is 18.7. The normalized spacial score (nSPS) is 13.5. The average molecular weight is 303 g/mol. The number of ether oxygens (including phenoxy) is 1. The number of rotatable bonds is 4. The van der Waals surface area contributed by atoms with Crippen LogP contribution in [0.3, 0.4) is 0 Å². The number of hydrogen-bond donors (Lipinski definition) is 0. The zero-order valence-corrected chi connectivity index (χ0v) is 12.5. The van der Waals surface area contributed by atoms with Gasteiger partial charge in [-0.25, -0.2) is 4.39 Å². The van der Waals surface area contributed by atoms with Gasteiger partial charge in [0, 0.05) is 11.2 Å². The minimum atomic E-state index is -0.220. The molecular formula is C14H20BrFO. The summed E-state index contributed by atoms with van der Waals surface area (Å²) in [6.45, 7) is 9.08. The van der Waals surface area contributed by atoms with Crippen molar-refractivity contribution in [3.8, 4) is 5.75 Å². The van der Waals surface area contributed by atoms with Crippen molar-refractivity contribution >= 4 is 15.9 Å². The van der Waals surface area contributed by atoms with Gasteiger partial charge in [-0.15, -0.1) is 0 Å². The van der Waals surface area contributed by atoms with Crippen molar-refractivity contribution in [3.05, 3.63) is 29.6 Å². The van der Waals surface area contributed by atoms with Gasteiger partial charge < -0.3 is 4.74 Å². The van der Waals surface area contributed by atoms with Gasteiger partial charge in [0.05, 0.1) is 6.61 Å². The predicted octanol–water partition coefficient (Wildman–Crippen LogP) is 4.57. The van der Waals surface area contributed by atoms with Crippen LogP contribution in [0.15, 0.2) is 18.2 Å². The molecule has 0 aliphatic rings. The van der Waals surface area contributed by atoms with E-state index in [1.54, 1.807) is 6.07 Å². The summed E-state index contributed by atoms with van der Waals surface area (Å²) in [6.07, 6.45) is 0. The fraction of sp³-hybridized carbons (Fsp3) is 0.571. The number of benzene rings is 1. The van der Waals surface area contributed by atoms with Crippen molar-refractivity contribution in [2.24, 2.45) is 11.3 Å². The molecule has 1 rings (SSSR count). The Balaban J connectivity index is 2.66. The van der Waals surface area contributed by atoms with E-state index in [1.807, 2.05) is 6.92 Å². The molecule has 1 unspecified atom stereocenters. The molecule has 1 aromatic carbocycles. The highest BCUT2D eigenvalue weighted by Gasteiger charge is 2.24. The van der Waals surface area contributed by atoms with Crippen molar-refractivity contribution in [2.45, 2.75) is 27.7 Å². The van der Waals surface area contributed by atoms with Crippen molar-refractivity contribution in [1.29, 1.82) is 0 Å². The maximum atomic E-state index is 12.9. The third kappa shape index (κ3) is 4.30. The minimum absolute atomic E-state index is 0.192. The molecule has 0 bridgehead atoms. The molecule has 0 N–H and O–H groups in total. The SMILES string of the molecule is Cc1cc(F)ccc1OCC(CBr)C(C)(C)C. The van der Waals surface area contributed by atoms with Gasteiger partial charge in [0.15, 0.2) is 0 Å². The summed E-state index contributed by atoms with van der Waals surface area (Å²) >= 11 is 3.52. The lowest BCUT2D eigenvalue weighted by molar-refractivity contribution is 0.165. The quantitative estimate of drug-likeness (QED) is 0.740. The van der Waals surface area contributed by atoms with Crippen molar-refractivity contribution in [1.82, 2.24) is 0 Å². The van der Waals surface area contributed by atoms with E-state index in [1.165, 1.54) is 12.1 Å². The fourth-order valence-electron chi connectivity index (χ4n) is 1.49. The molecule has 0 aromatic heterocycles. The second-order valence-corrected chi connectivity index (χ2v) is 6.09. The molecule has 1 nitrogen and oxygen atoms in total. The number of halogens is 2. The summed E-state index contributed by atoms with van der Waals surface area (Å²) in [5, 5.41) is 0.900. The number of aryl methyl sites for hydroxylation is 1. The van der Waals surface area contributed by atoms with Gasteiger partial charge in [0.1, 0.15) is 11.6 Å². The highest BCUT2D eigenvalue weighted by molar-refractivity contribution is 9.09. The summed E-state index contributed by atoms with van der Waals surface area (Å²) in [5.41, 5.74) is 1.03. The molecule has 0 radical (unpaired) electrons. The average Bonchev–Trinajstić information content (AvgIpc) is 2.19. The molecule has 0 aliphatic carbocycles. The molecule has 0 saturated carbocycles. The molecule has 0 amide bonds. The Labute approximate surface area is 111 Å². The molecule has 0 saturated heterocycles. The molecule has 0 heterocycles. The predicted molar refractivity (Wildman–Crippen MR) is 73.4 cm³/mol. The third-order valence-electron chi connectivity index (χ3n) is 2.99. The van der Waals surface area contributed by atoms with E-state index in [4.69, 9.17) is 4.74 Å². The molecule has 0 fully saturated rings. The van der Waals surface area contributed by atoms with Crippen LogP contribution in [0.2, 0.25) is 0 Å². The van der Waals surface area contributed by atoms with Gasteiger partial charge in [-0.1, -0.05) is 36.7 Å². The number of hydrogen-bond acceptors (Lipinski definition) is 1. The lowest BCUT2D eigenvalue weighted by Crippen LogP contribution is -2.28. The van der Waals surface area contributed by atoms with Crippen molar-refractivity contribution < 1.29 is 9.13 Å². The summed E-state index contributed by atoms with van der Waals surface area (Å²) in [7, 11) is 0. The molecule has 0 spiro atoms. The Kier molecular flexibility index (Phi) is 4.99. The first-order valence-corrected chi connectivity index (χ1v) is 6.91. The van der Waals surface area contributed by atoms with E-state index in [-0.39, 0.29) is 11.2 Å². The van der Waals surface area contributed by atoms with Gasteiger partial charge >= 0.3 is 0 Å². The Bertz CT molecular complexity index is 371. The summed E-state index contributed by atoms with van der Waals surface area (Å²) in [5.74, 6) is 0.969. The van der Waals surface area contributed by atoms with Gasteiger partial charge in [-0.3, -0.25) is 0 Å². The maximum Gasteiger partial charge on any atom is 0.123 e. The van der Waals surface area contributed by atoms with E-state index >= 15 is 0 Å². The summed E-state index contributed by atoms with van der Waals surface area (Å²) in [4.78, 5) is 0. The highest BCUT2D eigenvalue weighted by atomic mass is 79.9. The molecule has 1 atom stereocenters. The monoisotopic (exact) mass is 302 g/mol. The van der Waals surface area contributed by atoms with E-state index in [0.29, 0.717) is 12.5 Å². The van der Waals surface area contributed by atoms with Crippen LogP contribution < -0.4 is 4.74 Å². The maximum absolute atomic E-state index is 12.9. The van der Waals surface area contributed by atoms with Crippen LogP contribution in [0.4, 0.5) is 4.39 Å². The molecular weight excluding hydrogens is 283 g/mol. The van der Waals surface area contributed by atoms with Gasteiger partial charge in [0.2, 0.25) is 0 Å². The Hall–Kier alpha value is -0.570. The van der Waals surface area contributed by atoms with E-state index in [2.05, 4.69) is 36.7 Å². The van der Waals surface area contributed by atoms with Crippen molar-refractivity contribution in [3.63, 3.8) is 0 Å². The van der Waals surface area contributed by atoms with Crippen LogP contribution >= 0.6 is 15.9 Å². The molecule has 1 aromatic rings. The first-order valence-electron chi connectivity index (χ1n) is 5.79. The van der Waals surface area contributed by atoms with Gasteiger partial charge in [0.25, 0.3) is 0 Å². The van der Waals surface area contributed by atoms with E-state index in [9.17, 15) is 4.39 Å². The third-order valence-corrected chi connectivity index (χ3v) is 3.77. The van der Waals surface area contributed by atoms with Gasteiger partial charge in [-0.05, 0) is 36.1 Å². The first-order chi connectivity index (χ1) is 7.84. The standard InChI is InChI=1S/C14H20BrFO/c1-10-7-12(16)5-6-13(10)17-9-11(8-15)14(2,3)4/h5-7,11H,8-9H2,1-4H3. The highest BCUT2D eigenvalue weighted by Crippen LogP contribution is 2.29. The van der Waals surface area contributed by atoms with Crippen LogP contribution in [0.1, 0.15) is 26.3 Å². The lowest BCUT2D eigenvalue weighted by atomic mass is 9.83. The van der Waals surface area contributed by atoms with Crippen LogP contribution in [0.25, 0.3) is 0 Å².